The van der Waals surface area contributed by atoms with Gasteiger partial charge in [0.1, 0.15) is 61.7 Å². The van der Waals surface area contributed by atoms with E-state index in [2.05, 4.69) is 41.9 Å². The quantitative estimate of drug-likeness (QED) is 0.405. The standard InChI is InChI=1S/C20H10N4.C12H3BrN4/c1-4-14-5-7-15(8-6-14)19-11-16(20(23-2)24-3)9-10-18(19)17(12-21)13-22;1-16-12(17-2)8-3-4-10(11(13)5-8)9(6-14)7-15/h4-11H,1H2;3-5H. The second-order valence-electron chi connectivity index (χ2n) is 7.57. The van der Waals surface area contributed by atoms with Gasteiger partial charge in [-0.1, -0.05) is 77.1 Å². The number of rotatable bonds is 2. The summed E-state index contributed by atoms with van der Waals surface area (Å²) in [5.41, 5.74) is 2.32. The minimum absolute atomic E-state index is 0.0171. The first-order chi connectivity index (χ1) is 19.8. The third kappa shape index (κ3) is 7.19. The van der Waals surface area contributed by atoms with Crippen molar-refractivity contribution in [2.75, 3.05) is 0 Å². The van der Waals surface area contributed by atoms with Crippen LogP contribution in [0.5, 0.6) is 0 Å². The van der Waals surface area contributed by atoms with Crippen LogP contribution in [0.2, 0.25) is 0 Å². The van der Waals surface area contributed by atoms with E-state index in [0.29, 0.717) is 30.9 Å². The lowest BCUT2D eigenvalue weighted by atomic mass is 9.98. The molecule has 3 aromatic carbocycles. The molecule has 0 aliphatic rings. The molecule has 0 saturated carbocycles. The normalized spacial score (nSPS) is 8.51. The van der Waals surface area contributed by atoms with Crippen molar-refractivity contribution >= 4 is 44.8 Å². The zero-order chi connectivity index (χ0) is 30.4. The molecule has 0 N–H and O–H groups in total. The molecule has 8 nitrogen and oxygen atoms in total. The van der Waals surface area contributed by atoms with Crippen molar-refractivity contribution in [3.8, 4) is 35.4 Å². The van der Waals surface area contributed by atoms with Crippen molar-refractivity contribution in [1.29, 1.82) is 21.0 Å². The Hall–Kier alpha value is -6.72. The second kappa shape index (κ2) is 14.9. The molecule has 0 amide bonds. The summed E-state index contributed by atoms with van der Waals surface area (Å²) in [6, 6.07) is 24.3. The fourth-order valence-corrected chi connectivity index (χ4v) is 3.97. The molecule has 0 saturated heterocycles. The zero-order valence-corrected chi connectivity index (χ0v) is 22.6. The number of halogens is 1. The van der Waals surface area contributed by atoms with Gasteiger partial charge in [0.2, 0.25) is 0 Å². The van der Waals surface area contributed by atoms with E-state index in [9.17, 15) is 10.5 Å². The Kier molecular flexibility index (Phi) is 11.1. The number of nitrogens with zero attached hydrogens (tertiary/aromatic N) is 8. The van der Waals surface area contributed by atoms with Gasteiger partial charge in [0, 0.05) is 14.9 Å². The van der Waals surface area contributed by atoms with Gasteiger partial charge in [0.15, 0.2) is 0 Å². The molecule has 0 aliphatic carbocycles. The lowest BCUT2D eigenvalue weighted by Crippen LogP contribution is -2.15. The summed E-state index contributed by atoms with van der Waals surface area (Å²) in [7, 11) is 0. The predicted molar refractivity (Wildman–Crippen MR) is 157 cm³/mol. The van der Waals surface area contributed by atoms with Crippen molar-refractivity contribution in [3.05, 3.63) is 144 Å². The molecule has 3 rings (SSSR count). The van der Waals surface area contributed by atoms with Crippen molar-refractivity contribution < 1.29 is 0 Å². The number of benzene rings is 3. The molecule has 0 fully saturated rings. The Balaban J connectivity index is 0.000000305. The molecule has 0 radical (unpaired) electrons. The summed E-state index contributed by atoms with van der Waals surface area (Å²) in [6.45, 7) is 31.5. The number of nitriles is 4. The SMILES string of the molecule is [C-]#[N+]C([N+]#[C-])=c1ccc(=C(C#N)C#N)c(-c2ccc(C=C)cc2)c1.[C-]#[N+]C([N+]#[C-])=c1ccc(=C(C#N)C#N)c(Br)c1. The van der Waals surface area contributed by atoms with Gasteiger partial charge in [-0.3, -0.25) is 0 Å². The fraction of sp³-hybridized carbons (Fsp3) is 0. The van der Waals surface area contributed by atoms with Crippen LogP contribution in [0.1, 0.15) is 5.56 Å². The molecule has 0 bridgehead atoms. The molecule has 188 valence electrons. The predicted octanol–water partition coefficient (Wildman–Crippen LogP) is 4.65. The van der Waals surface area contributed by atoms with E-state index in [-0.39, 0.29) is 22.8 Å². The maximum absolute atomic E-state index is 9.18. The van der Waals surface area contributed by atoms with Crippen LogP contribution in [0.3, 0.4) is 0 Å². The van der Waals surface area contributed by atoms with E-state index >= 15 is 0 Å². The average molecular weight is 589 g/mol. The van der Waals surface area contributed by atoms with Crippen molar-refractivity contribution in [1.82, 2.24) is 0 Å². The van der Waals surface area contributed by atoms with Crippen LogP contribution >= 0.6 is 15.9 Å². The molecule has 3 aromatic rings. The highest BCUT2D eigenvalue weighted by molar-refractivity contribution is 9.10. The van der Waals surface area contributed by atoms with Gasteiger partial charge < -0.3 is 0 Å². The van der Waals surface area contributed by atoms with Crippen LogP contribution in [0.25, 0.3) is 59.4 Å². The molecule has 0 spiro atoms. The van der Waals surface area contributed by atoms with Gasteiger partial charge in [0.05, 0.1) is 10.4 Å². The van der Waals surface area contributed by atoms with Crippen LogP contribution in [-0.4, -0.2) is 0 Å². The van der Waals surface area contributed by atoms with Crippen molar-refractivity contribution in [3.63, 3.8) is 0 Å². The Bertz CT molecular complexity index is 2090. The van der Waals surface area contributed by atoms with Crippen molar-refractivity contribution in [2.24, 2.45) is 0 Å². The van der Waals surface area contributed by atoms with Crippen molar-refractivity contribution in [2.45, 2.75) is 0 Å². The molecule has 9 heteroatoms. The molecule has 0 heterocycles. The minimum Gasteiger partial charge on any atom is -0.192 e. The Morgan fingerprint density at radius 1 is 0.659 bits per heavy atom. The van der Waals surface area contributed by atoms with Gasteiger partial charge >= 0.3 is 11.6 Å². The van der Waals surface area contributed by atoms with Gasteiger partial charge in [-0.05, 0) is 28.8 Å². The molecule has 0 aliphatic heterocycles. The smallest absolute Gasteiger partial charge is 0.192 e. The zero-order valence-electron chi connectivity index (χ0n) is 21.0. The Labute approximate surface area is 244 Å². The Morgan fingerprint density at radius 3 is 1.51 bits per heavy atom. The first-order valence-corrected chi connectivity index (χ1v) is 11.9. The minimum atomic E-state index is -0.0547. The topological polar surface area (TPSA) is 113 Å². The third-order valence-corrected chi connectivity index (χ3v) is 6.03. The van der Waals surface area contributed by atoms with Gasteiger partial charge in [-0.25, -0.2) is 0 Å². The van der Waals surface area contributed by atoms with E-state index in [1.165, 1.54) is 6.07 Å². The molecular weight excluding hydrogens is 576 g/mol. The van der Waals surface area contributed by atoms with Crippen LogP contribution in [0.15, 0.2) is 71.7 Å². The first-order valence-electron chi connectivity index (χ1n) is 11.1. The molecule has 0 aromatic heterocycles. The lowest BCUT2D eigenvalue weighted by molar-refractivity contribution is 1.45. The van der Waals surface area contributed by atoms with E-state index in [1.807, 2.05) is 36.4 Å². The molecule has 0 atom stereocenters. The monoisotopic (exact) mass is 588 g/mol. The summed E-state index contributed by atoms with van der Waals surface area (Å²) in [5.74, 6) is -0.103. The average Bonchev–Trinajstić information content (AvgIpc) is 3.01. The van der Waals surface area contributed by atoms with Crippen LogP contribution in [-0.2, 0) is 0 Å². The molecule has 0 unspecified atom stereocenters. The van der Waals surface area contributed by atoms with E-state index in [0.717, 1.165) is 11.1 Å². The fourth-order valence-electron chi connectivity index (χ4n) is 3.39. The van der Waals surface area contributed by atoms with Crippen LogP contribution < -0.4 is 20.9 Å². The van der Waals surface area contributed by atoms with E-state index in [1.54, 1.807) is 48.5 Å². The largest absolute Gasteiger partial charge is 0.526 e. The highest BCUT2D eigenvalue weighted by Gasteiger charge is 2.10. The lowest BCUT2D eigenvalue weighted by Gasteiger charge is -2.04. The second-order valence-corrected chi connectivity index (χ2v) is 8.43. The summed E-state index contributed by atoms with van der Waals surface area (Å²) >= 11 is 3.21. The third-order valence-electron chi connectivity index (χ3n) is 5.37. The summed E-state index contributed by atoms with van der Waals surface area (Å²) in [6.07, 6.45) is 1.72. The van der Waals surface area contributed by atoms with Crippen LogP contribution in [0.4, 0.5) is 0 Å². The number of hydrogen-bond acceptors (Lipinski definition) is 4. The maximum Gasteiger partial charge on any atom is 0.526 e. The number of hydrogen-bond donors (Lipinski definition) is 0. The van der Waals surface area contributed by atoms with E-state index < -0.39 is 0 Å². The van der Waals surface area contributed by atoms with Crippen LogP contribution in [0, 0.1) is 71.6 Å². The van der Waals surface area contributed by atoms with Gasteiger partial charge in [-0.15, -0.1) is 0 Å². The molecule has 41 heavy (non-hydrogen) atoms. The summed E-state index contributed by atoms with van der Waals surface area (Å²) < 4.78 is 0.512. The van der Waals surface area contributed by atoms with Gasteiger partial charge in [-0.2, -0.15) is 40.4 Å². The first kappa shape index (κ1) is 30.5. The highest BCUT2D eigenvalue weighted by atomic mass is 79.9. The summed E-state index contributed by atoms with van der Waals surface area (Å²) in [4.78, 5) is 12.6. The van der Waals surface area contributed by atoms with E-state index in [4.69, 9.17) is 36.8 Å². The highest BCUT2D eigenvalue weighted by Crippen LogP contribution is 2.17. The molecular formula is C32H13BrN8. The maximum atomic E-state index is 9.18. The van der Waals surface area contributed by atoms with Gasteiger partial charge in [0.25, 0.3) is 0 Å². The summed E-state index contributed by atoms with van der Waals surface area (Å²) in [5, 5.41) is 37.7. The Morgan fingerprint density at radius 2 is 1.10 bits per heavy atom.